The topological polar surface area (TPSA) is 8.81 Å². The Morgan fingerprint density at radius 1 is 1.21 bits per heavy atom. The van der Waals surface area contributed by atoms with Crippen molar-refractivity contribution >= 4 is 5.70 Å². The van der Waals surface area contributed by atoms with E-state index in [2.05, 4.69) is 74.0 Å². The number of nitrogens with zero attached hydrogens (tertiary/aromatic N) is 2. The molecule has 2 aromatic rings. The molecule has 0 atom stereocenters. The van der Waals surface area contributed by atoms with Crippen molar-refractivity contribution in [3.8, 4) is 5.69 Å². The van der Waals surface area contributed by atoms with E-state index in [1.54, 1.807) is 6.08 Å². The van der Waals surface area contributed by atoms with Crippen LogP contribution in [-0.2, 0) is 0 Å². The van der Waals surface area contributed by atoms with Gasteiger partial charge in [-0.1, -0.05) is 36.4 Å². The Labute approximate surface area is 115 Å². The molecule has 1 aromatic heterocycles. The number of hydrogen-bond acceptors (Lipinski definition) is 0. The van der Waals surface area contributed by atoms with E-state index in [-0.39, 0.29) is 0 Å². The van der Waals surface area contributed by atoms with Crippen LogP contribution in [-0.4, -0.2) is 4.57 Å². The molecule has 0 aliphatic heterocycles. The fraction of sp³-hybridized carbons (Fsp3) is 0.235. The zero-order valence-electron chi connectivity index (χ0n) is 12.1. The lowest BCUT2D eigenvalue weighted by atomic mass is 10.2. The van der Waals surface area contributed by atoms with Gasteiger partial charge in [0.15, 0.2) is 0 Å². The van der Waals surface area contributed by atoms with Gasteiger partial charge in [-0.15, -0.1) is 0 Å². The van der Waals surface area contributed by atoms with Crippen molar-refractivity contribution < 1.29 is 4.57 Å². The highest BCUT2D eigenvalue weighted by atomic mass is 15.1. The molecule has 2 nitrogen and oxygen atoms in total. The number of aromatic nitrogens is 2. The van der Waals surface area contributed by atoms with Gasteiger partial charge in [-0.2, -0.15) is 0 Å². The van der Waals surface area contributed by atoms with Crippen LogP contribution in [0, 0.1) is 27.1 Å². The normalized spacial score (nSPS) is 11.7. The van der Waals surface area contributed by atoms with Crippen molar-refractivity contribution in [2.24, 2.45) is 0 Å². The first-order chi connectivity index (χ1) is 9.04. The maximum Gasteiger partial charge on any atom is 0.269 e. The minimum Gasteiger partial charge on any atom is -0.300 e. The first kappa shape index (κ1) is 13.3. The van der Waals surface area contributed by atoms with E-state index in [1.807, 2.05) is 6.08 Å². The molecule has 1 heterocycles. The summed E-state index contributed by atoms with van der Waals surface area (Å²) in [5.41, 5.74) is 5.90. The molecular weight excluding hydrogens is 232 g/mol. The smallest absolute Gasteiger partial charge is 0.269 e. The average Bonchev–Trinajstić information content (AvgIpc) is 2.68. The Balaban J connectivity index is 2.54. The van der Waals surface area contributed by atoms with Crippen molar-refractivity contribution in [3.63, 3.8) is 0 Å². The molecule has 98 valence electrons. The minimum atomic E-state index is 1.11. The summed E-state index contributed by atoms with van der Waals surface area (Å²) in [5, 5.41) is 0. The fourth-order valence-electron chi connectivity index (χ4n) is 2.11. The highest BCUT2D eigenvalue weighted by Gasteiger charge is 2.11. The van der Waals surface area contributed by atoms with E-state index in [0.717, 1.165) is 11.4 Å². The summed E-state index contributed by atoms with van der Waals surface area (Å²) >= 11 is 0. The van der Waals surface area contributed by atoms with Gasteiger partial charge in [0.05, 0.1) is 17.1 Å². The van der Waals surface area contributed by atoms with Gasteiger partial charge < -0.3 is 0 Å². The van der Waals surface area contributed by atoms with Crippen LogP contribution in [0.4, 0.5) is 0 Å². The van der Waals surface area contributed by atoms with Crippen LogP contribution in [0.25, 0.3) is 11.4 Å². The summed E-state index contributed by atoms with van der Waals surface area (Å²) in [6.07, 6.45) is 7.18. The molecule has 0 N–H and O–H groups in total. The number of rotatable bonds is 3. The van der Waals surface area contributed by atoms with Crippen molar-refractivity contribution in [3.05, 3.63) is 66.3 Å². The van der Waals surface area contributed by atoms with Crippen LogP contribution >= 0.6 is 0 Å². The Morgan fingerprint density at radius 2 is 1.84 bits per heavy atom. The van der Waals surface area contributed by atoms with Crippen LogP contribution in [0.3, 0.4) is 0 Å². The van der Waals surface area contributed by atoms with E-state index < -0.39 is 0 Å². The lowest BCUT2D eigenvalue weighted by molar-refractivity contribution is -0.606. The van der Waals surface area contributed by atoms with Crippen LogP contribution in [0.15, 0.2) is 43.0 Å². The van der Waals surface area contributed by atoms with Crippen LogP contribution in [0.5, 0.6) is 0 Å². The van der Waals surface area contributed by atoms with Gasteiger partial charge in [0.2, 0.25) is 0 Å². The molecule has 0 saturated heterocycles. The molecule has 0 unspecified atom stereocenters. The van der Waals surface area contributed by atoms with Gasteiger partial charge in [-0.25, -0.2) is 0 Å². The molecule has 2 heteroatoms. The monoisotopic (exact) mass is 252 g/mol. The molecule has 0 spiro atoms. The summed E-state index contributed by atoms with van der Waals surface area (Å²) in [4.78, 5) is 0. The van der Waals surface area contributed by atoms with Gasteiger partial charge in [0.25, 0.3) is 6.33 Å². The Bertz CT molecular complexity index is 628. The molecule has 0 radical (unpaired) electrons. The standard InChI is InChI=1S/C17H20N2/c1-6-7-14(3)18-12-19(16(5)15(18)4)17-10-8-13(2)9-11-17/h6-11H,1H2,2-5H3. The summed E-state index contributed by atoms with van der Waals surface area (Å²) in [6.45, 7) is 12.1. The van der Waals surface area contributed by atoms with Crippen LogP contribution < -0.4 is 4.57 Å². The van der Waals surface area contributed by atoms with Gasteiger partial charge in [-0.3, -0.25) is 9.13 Å². The van der Waals surface area contributed by atoms with Crippen molar-refractivity contribution in [2.75, 3.05) is 0 Å². The lowest BCUT2D eigenvalue weighted by Crippen LogP contribution is -2.32. The first-order valence-corrected chi connectivity index (χ1v) is 6.44. The second-order valence-corrected chi connectivity index (χ2v) is 4.82. The molecule has 0 amide bonds. The van der Waals surface area contributed by atoms with E-state index >= 15 is 0 Å². The predicted octanol–water partition coefficient (Wildman–Crippen LogP) is 3.54. The van der Waals surface area contributed by atoms with E-state index in [0.29, 0.717) is 0 Å². The Kier molecular flexibility index (Phi) is 3.70. The lowest BCUT2D eigenvalue weighted by Gasteiger charge is -2.04. The van der Waals surface area contributed by atoms with E-state index in [1.165, 1.54) is 17.0 Å². The summed E-state index contributed by atoms with van der Waals surface area (Å²) < 4.78 is 4.16. The number of aryl methyl sites for hydroxylation is 1. The van der Waals surface area contributed by atoms with Crippen molar-refractivity contribution in [1.82, 2.24) is 4.57 Å². The second-order valence-electron chi connectivity index (χ2n) is 4.82. The fourth-order valence-corrected chi connectivity index (χ4v) is 2.11. The Hall–Kier alpha value is -2.09. The van der Waals surface area contributed by atoms with Crippen LogP contribution in [0.1, 0.15) is 23.9 Å². The predicted molar refractivity (Wildman–Crippen MR) is 79.2 cm³/mol. The molecule has 0 saturated carbocycles. The quantitative estimate of drug-likeness (QED) is 0.449. The molecule has 0 aliphatic rings. The average molecular weight is 252 g/mol. The number of imidazole rings is 1. The molecule has 0 fully saturated rings. The molecule has 2 rings (SSSR count). The SMILES string of the molecule is C=CC=C(C)n1[c-][n+](-c2ccc(C)cc2)c(C)c1C. The van der Waals surface area contributed by atoms with E-state index in [9.17, 15) is 0 Å². The third-order valence-electron chi connectivity index (χ3n) is 3.40. The van der Waals surface area contributed by atoms with E-state index in [4.69, 9.17) is 0 Å². The molecule has 1 aromatic carbocycles. The summed E-state index contributed by atoms with van der Waals surface area (Å²) in [5.74, 6) is 0. The van der Waals surface area contributed by atoms with Gasteiger partial charge >= 0.3 is 0 Å². The largest absolute Gasteiger partial charge is 0.300 e. The third-order valence-corrected chi connectivity index (χ3v) is 3.40. The summed E-state index contributed by atoms with van der Waals surface area (Å²) in [7, 11) is 0. The van der Waals surface area contributed by atoms with Crippen molar-refractivity contribution in [2.45, 2.75) is 27.7 Å². The second kappa shape index (κ2) is 5.27. The van der Waals surface area contributed by atoms with Crippen LogP contribution in [0.2, 0.25) is 0 Å². The Morgan fingerprint density at radius 3 is 2.42 bits per heavy atom. The minimum absolute atomic E-state index is 1.11. The van der Waals surface area contributed by atoms with Crippen molar-refractivity contribution in [1.29, 1.82) is 0 Å². The molecular formula is C17H20N2. The highest BCUT2D eigenvalue weighted by Crippen LogP contribution is 2.13. The number of allylic oxidation sites excluding steroid dienone is 3. The number of hydrogen-bond donors (Lipinski definition) is 0. The maximum atomic E-state index is 3.74. The maximum absolute atomic E-state index is 3.74. The summed E-state index contributed by atoms with van der Waals surface area (Å²) in [6, 6.07) is 8.48. The van der Waals surface area contributed by atoms with Gasteiger partial charge in [0, 0.05) is 5.70 Å². The number of benzene rings is 1. The molecule has 0 bridgehead atoms. The molecule has 0 aliphatic carbocycles. The highest BCUT2D eigenvalue weighted by molar-refractivity contribution is 5.46. The zero-order chi connectivity index (χ0) is 14.0. The molecule has 19 heavy (non-hydrogen) atoms. The van der Waals surface area contributed by atoms with Gasteiger partial charge in [-0.05, 0) is 39.8 Å². The third kappa shape index (κ3) is 2.53. The van der Waals surface area contributed by atoms with Gasteiger partial charge in [0.1, 0.15) is 0 Å². The first-order valence-electron chi connectivity index (χ1n) is 6.44. The zero-order valence-corrected chi connectivity index (χ0v) is 12.1.